The van der Waals surface area contributed by atoms with Crippen molar-refractivity contribution in [3.05, 3.63) is 0 Å². The first-order valence-electron chi connectivity index (χ1n) is 8.13. The highest BCUT2D eigenvalue weighted by molar-refractivity contribution is 6.18. The van der Waals surface area contributed by atoms with Crippen LogP contribution in [0.3, 0.4) is 0 Å². The minimum Gasteiger partial charge on any atom is -0.378 e. The van der Waals surface area contributed by atoms with E-state index in [-0.39, 0.29) is 0 Å². The van der Waals surface area contributed by atoms with Gasteiger partial charge in [0.25, 0.3) is 0 Å². The van der Waals surface area contributed by atoms with Gasteiger partial charge < -0.3 is 4.74 Å². The molecule has 0 bridgehead atoms. The molecule has 1 atom stereocenters. The van der Waals surface area contributed by atoms with Crippen LogP contribution in [0.2, 0.25) is 0 Å². The zero-order valence-corrected chi connectivity index (χ0v) is 13.8. The van der Waals surface area contributed by atoms with E-state index in [4.69, 9.17) is 16.3 Å². The topological polar surface area (TPSA) is 9.23 Å². The van der Waals surface area contributed by atoms with Gasteiger partial charge in [-0.3, -0.25) is 0 Å². The van der Waals surface area contributed by atoms with Gasteiger partial charge in [-0.1, -0.05) is 20.8 Å². The minimum atomic E-state index is 0.412. The third kappa shape index (κ3) is 4.11. The van der Waals surface area contributed by atoms with E-state index < -0.39 is 0 Å². The van der Waals surface area contributed by atoms with Gasteiger partial charge in [-0.25, -0.2) is 0 Å². The summed E-state index contributed by atoms with van der Waals surface area (Å²) in [5.41, 5.74) is 0.877. The molecule has 2 rings (SSSR count). The smallest absolute Gasteiger partial charge is 0.0576 e. The van der Waals surface area contributed by atoms with Crippen LogP contribution in [-0.2, 0) is 4.74 Å². The second-order valence-electron chi connectivity index (χ2n) is 7.95. The van der Waals surface area contributed by atoms with Crippen molar-refractivity contribution in [3.63, 3.8) is 0 Å². The molecule has 0 spiro atoms. The van der Waals surface area contributed by atoms with E-state index in [0.717, 1.165) is 18.4 Å². The van der Waals surface area contributed by atoms with Gasteiger partial charge in [-0.2, -0.15) is 0 Å². The van der Waals surface area contributed by atoms with Crippen LogP contribution in [0, 0.1) is 16.7 Å². The molecule has 1 heterocycles. The average molecular weight is 287 g/mol. The fourth-order valence-electron chi connectivity index (χ4n) is 3.89. The number of alkyl halides is 1. The molecular weight excluding hydrogens is 256 g/mol. The normalized spacial score (nSPS) is 36.6. The first-order valence-corrected chi connectivity index (χ1v) is 8.66. The number of rotatable bonds is 4. The van der Waals surface area contributed by atoms with Gasteiger partial charge in [-0.05, 0) is 68.1 Å². The number of halogens is 1. The van der Waals surface area contributed by atoms with Crippen LogP contribution in [0.25, 0.3) is 0 Å². The van der Waals surface area contributed by atoms with Crippen LogP contribution >= 0.6 is 11.6 Å². The number of hydrogen-bond donors (Lipinski definition) is 0. The summed E-state index contributed by atoms with van der Waals surface area (Å²) in [5, 5.41) is 0. The molecule has 1 saturated carbocycles. The molecule has 0 aromatic heterocycles. The average Bonchev–Trinajstić information content (AvgIpc) is 2.89. The molecule has 0 amide bonds. The predicted molar refractivity (Wildman–Crippen MR) is 82.8 cm³/mol. The molecule has 112 valence electrons. The summed E-state index contributed by atoms with van der Waals surface area (Å²) >= 11 is 6.34. The van der Waals surface area contributed by atoms with Gasteiger partial charge in [0, 0.05) is 12.5 Å². The molecule has 1 saturated heterocycles. The Bertz CT molecular complexity index is 267. The van der Waals surface area contributed by atoms with Gasteiger partial charge in [0.2, 0.25) is 0 Å². The Labute approximate surface area is 124 Å². The lowest BCUT2D eigenvalue weighted by atomic mass is 9.63. The van der Waals surface area contributed by atoms with Crippen molar-refractivity contribution in [2.75, 3.05) is 12.5 Å². The summed E-state index contributed by atoms with van der Waals surface area (Å²) in [4.78, 5) is 0. The molecule has 1 unspecified atom stereocenters. The summed E-state index contributed by atoms with van der Waals surface area (Å²) in [6.45, 7) is 8.14. The second kappa shape index (κ2) is 6.35. The van der Waals surface area contributed by atoms with Gasteiger partial charge in [0.15, 0.2) is 0 Å². The number of ether oxygens (including phenoxy) is 1. The summed E-state index contributed by atoms with van der Waals surface area (Å²) in [6.07, 6.45) is 10.9. The zero-order chi connectivity index (χ0) is 13.9. The number of hydrogen-bond acceptors (Lipinski definition) is 1. The molecule has 2 fully saturated rings. The first-order chi connectivity index (χ1) is 8.95. The quantitative estimate of drug-likeness (QED) is 0.628. The predicted octanol–water partition coefficient (Wildman–Crippen LogP) is 5.41. The Hall–Kier alpha value is 0.250. The molecule has 0 radical (unpaired) electrons. The molecule has 19 heavy (non-hydrogen) atoms. The van der Waals surface area contributed by atoms with Crippen molar-refractivity contribution in [2.45, 2.75) is 78.2 Å². The van der Waals surface area contributed by atoms with Gasteiger partial charge in [0.05, 0.1) is 6.10 Å². The molecule has 1 nitrogen and oxygen atoms in total. The van der Waals surface area contributed by atoms with Crippen molar-refractivity contribution in [1.29, 1.82) is 0 Å². The first kappa shape index (κ1) is 15.6. The maximum Gasteiger partial charge on any atom is 0.0576 e. The van der Waals surface area contributed by atoms with E-state index in [2.05, 4.69) is 20.8 Å². The Balaban J connectivity index is 1.83. The van der Waals surface area contributed by atoms with Crippen molar-refractivity contribution >= 4 is 11.6 Å². The highest BCUT2D eigenvalue weighted by Gasteiger charge is 2.38. The van der Waals surface area contributed by atoms with E-state index in [9.17, 15) is 0 Å². The molecule has 1 aliphatic carbocycles. The van der Waals surface area contributed by atoms with Gasteiger partial charge in [-0.15, -0.1) is 11.6 Å². The highest BCUT2D eigenvalue weighted by atomic mass is 35.5. The molecule has 1 aliphatic heterocycles. The fourth-order valence-corrected chi connectivity index (χ4v) is 4.29. The molecule has 0 N–H and O–H groups in total. The second-order valence-corrected chi connectivity index (χ2v) is 8.21. The monoisotopic (exact) mass is 286 g/mol. The van der Waals surface area contributed by atoms with E-state index in [1.165, 1.54) is 51.4 Å². The fraction of sp³-hybridized carbons (Fsp3) is 1.00. The van der Waals surface area contributed by atoms with Crippen molar-refractivity contribution in [2.24, 2.45) is 16.7 Å². The Morgan fingerprint density at radius 2 is 1.84 bits per heavy atom. The molecular formula is C17H31ClO. The third-order valence-electron chi connectivity index (χ3n) is 5.58. The largest absolute Gasteiger partial charge is 0.378 e. The Morgan fingerprint density at radius 1 is 1.16 bits per heavy atom. The lowest BCUT2D eigenvalue weighted by Crippen LogP contribution is -2.34. The van der Waals surface area contributed by atoms with Gasteiger partial charge in [0.1, 0.15) is 0 Å². The van der Waals surface area contributed by atoms with Crippen LogP contribution in [0.1, 0.15) is 72.1 Å². The standard InChI is InChI=1S/C17H31ClO/c1-16(2,3)14-6-9-17(13-18,10-7-14)11-8-15-5-4-12-19-15/h14-15H,4-13H2,1-3H3. The van der Waals surface area contributed by atoms with Crippen LogP contribution < -0.4 is 0 Å². The molecule has 0 aromatic carbocycles. The van der Waals surface area contributed by atoms with Crippen LogP contribution in [0.5, 0.6) is 0 Å². The summed E-state index contributed by atoms with van der Waals surface area (Å²) < 4.78 is 5.77. The summed E-state index contributed by atoms with van der Waals surface area (Å²) in [6, 6.07) is 0. The molecule has 0 aromatic rings. The van der Waals surface area contributed by atoms with E-state index >= 15 is 0 Å². The van der Waals surface area contributed by atoms with Crippen LogP contribution in [-0.4, -0.2) is 18.6 Å². The maximum atomic E-state index is 6.34. The lowest BCUT2D eigenvalue weighted by molar-refractivity contribution is 0.0617. The van der Waals surface area contributed by atoms with Gasteiger partial charge >= 0.3 is 0 Å². The highest BCUT2D eigenvalue weighted by Crippen LogP contribution is 2.48. The van der Waals surface area contributed by atoms with Crippen LogP contribution in [0.4, 0.5) is 0 Å². The Morgan fingerprint density at radius 3 is 2.32 bits per heavy atom. The van der Waals surface area contributed by atoms with E-state index in [1.807, 2.05) is 0 Å². The lowest BCUT2D eigenvalue weighted by Gasteiger charge is -2.43. The van der Waals surface area contributed by atoms with Crippen molar-refractivity contribution < 1.29 is 4.74 Å². The third-order valence-corrected chi connectivity index (χ3v) is 6.14. The summed E-state index contributed by atoms with van der Waals surface area (Å²) in [7, 11) is 0. The molecule has 2 heteroatoms. The maximum absolute atomic E-state index is 6.34. The van der Waals surface area contributed by atoms with Crippen LogP contribution in [0.15, 0.2) is 0 Å². The minimum absolute atomic E-state index is 0.412. The zero-order valence-electron chi connectivity index (χ0n) is 13.0. The Kier molecular flexibility index (Phi) is 5.22. The summed E-state index contributed by atoms with van der Waals surface area (Å²) in [5.74, 6) is 1.72. The van der Waals surface area contributed by atoms with E-state index in [0.29, 0.717) is 16.9 Å². The molecule has 2 aliphatic rings. The van der Waals surface area contributed by atoms with E-state index in [1.54, 1.807) is 0 Å². The SMILES string of the molecule is CC(C)(C)C1CCC(CCl)(CCC2CCCO2)CC1. The van der Waals surface area contributed by atoms with Crippen molar-refractivity contribution in [3.8, 4) is 0 Å². The van der Waals surface area contributed by atoms with Crippen molar-refractivity contribution in [1.82, 2.24) is 0 Å².